The first-order chi connectivity index (χ1) is 11.7. The van der Waals surface area contributed by atoms with Gasteiger partial charge in [0.1, 0.15) is 0 Å². The predicted molar refractivity (Wildman–Crippen MR) is 93.0 cm³/mol. The van der Waals surface area contributed by atoms with E-state index in [1.807, 2.05) is 30.5 Å². The molecule has 1 aliphatic rings. The molecule has 1 saturated heterocycles. The molecule has 2 aromatic heterocycles. The van der Waals surface area contributed by atoms with Crippen LogP contribution in [-0.2, 0) is 11.3 Å². The van der Waals surface area contributed by atoms with Crippen LogP contribution in [-0.4, -0.2) is 33.9 Å². The Kier molecular flexibility index (Phi) is 5.54. The Labute approximate surface area is 143 Å². The van der Waals surface area contributed by atoms with Gasteiger partial charge in [-0.15, -0.1) is 0 Å². The maximum atomic E-state index is 11.6. The molecule has 126 valence electrons. The minimum atomic E-state index is 0.00319. The normalized spacial score (nSPS) is 17.4. The van der Waals surface area contributed by atoms with Gasteiger partial charge in [0.15, 0.2) is 0 Å². The van der Waals surface area contributed by atoms with Crippen molar-refractivity contribution in [1.29, 1.82) is 0 Å². The highest BCUT2D eigenvalue weighted by atomic mass is 16.1. The number of pyridine rings is 2. The highest BCUT2D eigenvalue weighted by Crippen LogP contribution is 2.30. The smallest absolute Gasteiger partial charge is 0.217 e. The zero-order chi connectivity index (χ0) is 16.8. The van der Waals surface area contributed by atoms with E-state index in [9.17, 15) is 4.79 Å². The van der Waals surface area contributed by atoms with Crippen LogP contribution in [0.5, 0.6) is 0 Å². The molecule has 3 rings (SSSR count). The van der Waals surface area contributed by atoms with Crippen LogP contribution in [0, 0.1) is 5.92 Å². The largest absolute Gasteiger partial charge is 0.348 e. The molecule has 2 aromatic rings. The molecule has 0 unspecified atom stereocenters. The van der Waals surface area contributed by atoms with E-state index in [0.29, 0.717) is 5.92 Å². The molecule has 0 bridgehead atoms. The van der Waals surface area contributed by atoms with Crippen LogP contribution in [0.15, 0.2) is 48.9 Å². The van der Waals surface area contributed by atoms with Crippen molar-refractivity contribution in [2.45, 2.75) is 32.4 Å². The van der Waals surface area contributed by atoms with Crippen LogP contribution in [0.3, 0.4) is 0 Å². The van der Waals surface area contributed by atoms with Gasteiger partial charge in [0, 0.05) is 32.1 Å². The van der Waals surface area contributed by atoms with E-state index in [4.69, 9.17) is 0 Å². The number of piperidine rings is 1. The van der Waals surface area contributed by atoms with Crippen molar-refractivity contribution >= 4 is 5.91 Å². The van der Waals surface area contributed by atoms with Crippen molar-refractivity contribution in [2.24, 2.45) is 5.92 Å². The zero-order valence-corrected chi connectivity index (χ0v) is 14.1. The van der Waals surface area contributed by atoms with Crippen molar-refractivity contribution in [1.82, 2.24) is 20.2 Å². The topological polar surface area (TPSA) is 58.1 Å². The summed E-state index contributed by atoms with van der Waals surface area (Å²) in [6, 6.07) is 10.00. The fraction of sp³-hybridized carbons (Fsp3) is 0.421. The SMILES string of the molecule is CC(=O)N[C@@H](c1ccccn1)C1CCN(Cc2cccnc2)CC1. The summed E-state index contributed by atoms with van der Waals surface area (Å²) in [6.07, 6.45) is 7.64. The van der Waals surface area contributed by atoms with E-state index in [1.165, 1.54) is 5.56 Å². The number of likely N-dealkylation sites (tertiary alicyclic amines) is 1. The Morgan fingerprint density at radius 2 is 2.08 bits per heavy atom. The van der Waals surface area contributed by atoms with Gasteiger partial charge in [-0.2, -0.15) is 0 Å². The van der Waals surface area contributed by atoms with E-state index >= 15 is 0 Å². The Morgan fingerprint density at radius 3 is 2.71 bits per heavy atom. The second-order valence-corrected chi connectivity index (χ2v) is 6.41. The third-order valence-electron chi connectivity index (χ3n) is 4.60. The minimum Gasteiger partial charge on any atom is -0.348 e. The van der Waals surface area contributed by atoms with Crippen molar-refractivity contribution in [3.05, 3.63) is 60.2 Å². The molecule has 24 heavy (non-hydrogen) atoms. The third kappa shape index (κ3) is 4.38. The van der Waals surface area contributed by atoms with Gasteiger partial charge in [0.05, 0.1) is 11.7 Å². The van der Waals surface area contributed by atoms with Crippen LogP contribution >= 0.6 is 0 Å². The lowest BCUT2D eigenvalue weighted by atomic mass is 9.87. The quantitative estimate of drug-likeness (QED) is 0.918. The summed E-state index contributed by atoms with van der Waals surface area (Å²) in [5.41, 5.74) is 2.21. The summed E-state index contributed by atoms with van der Waals surface area (Å²) in [5, 5.41) is 3.10. The maximum Gasteiger partial charge on any atom is 0.217 e. The Balaban J connectivity index is 1.62. The third-order valence-corrected chi connectivity index (χ3v) is 4.60. The van der Waals surface area contributed by atoms with Gasteiger partial charge in [-0.25, -0.2) is 0 Å². The average molecular weight is 324 g/mol. The number of amides is 1. The van der Waals surface area contributed by atoms with Crippen LogP contribution in [0.25, 0.3) is 0 Å². The first-order valence-corrected chi connectivity index (χ1v) is 8.51. The summed E-state index contributed by atoms with van der Waals surface area (Å²) >= 11 is 0. The fourth-order valence-corrected chi connectivity index (χ4v) is 3.41. The summed E-state index contributed by atoms with van der Waals surface area (Å²) in [6.45, 7) is 4.58. The Bertz CT molecular complexity index is 639. The van der Waals surface area contributed by atoms with Gasteiger partial charge in [-0.3, -0.25) is 19.7 Å². The van der Waals surface area contributed by atoms with Crippen molar-refractivity contribution in [3.63, 3.8) is 0 Å². The fourth-order valence-electron chi connectivity index (χ4n) is 3.41. The van der Waals surface area contributed by atoms with Gasteiger partial charge in [0.2, 0.25) is 5.91 Å². The highest BCUT2D eigenvalue weighted by molar-refractivity contribution is 5.73. The van der Waals surface area contributed by atoms with Gasteiger partial charge in [-0.05, 0) is 55.6 Å². The first-order valence-electron chi connectivity index (χ1n) is 8.51. The summed E-state index contributed by atoms with van der Waals surface area (Å²) < 4.78 is 0. The lowest BCUT2D eigenvalue weighted by Gasteiger charge is -2.36. The molecule has 1 aliphatic heterocycles. The molecule has 1 fully saturated rings. The van der Waals surface area contributed by atoms with Crippen LogP contribution < -0.4 is 5.32 Å². The monoisotopic (exact) mass is 324 g/mol. The summed E-state index contributed by atoms with van der Waals surface area (Å²) in [4.78, 5) is 22.7. The highest BCUT2D eigenvalue weighted by Gasteiger charge is 2.29. The molecule has 0 aromatic carbocycles. The van der Waals surface area contributed by atoms with Crippen molar-refractivity contribution in [2.75, 3.05) is 13.1 Å². The number of hydrogen-bond donors (Lipinski definition) is 1. The average Bonchev–Trinajstić information content (AvgIpc) is 2.62. The van der Waals surface area contributed by atoms with Crippen molar-refractivity contribution < 1.29 is 4.79 Å². The second kappa shape index (κ2) is 8.02. The number of carbonyl (C=O) groups is 1. The second-order valence-electron chi connectivity index (χ2n) is 6.41. The number of aromatic nitrogens is 2. The molecule has 0 spiro atoms. The Hall–Kier alpha value is -2.27. The standard InChI is InChI=1S/C19H24N4O/c1-15(24)22-19(18-6-2-3-10-21-18)17-7-11-23(12-8-17)14-16-5-4-9-20-13-16/h2-6,9-10,13,17,19H,7-8,11-12,14H2,1H3,(H,22,24)/t19-/m1/s1. The molecule has 1 N–H and O–H groups in total. The van der Waals surface area contributed by atoms with Crippen LogP contribution in [0.4, 0.5) is 0 Å². The molecule has 3 heterocycles. The molecular formula is C19H24N4O. The van der Waals surface area contributed by atoms with E-state index < -0.39 is 0 Å². The molecule has 0 saturated carbocycles. The summed E-state index contributed by atoms with van der Waals surface area (Å²) in [5.74, 6) is 0.428. The molecule has 5 heteroatoms. The van der Waals surface area contributed by atoms with Gasteiger partial charge < -0.3 is 5.32 Å². The zero-order valence-electron chi connectivity index (χ0n) is 14.1. The molecule has 1 amide bonds. The predicted octanol–water partition coefficient (Wildman–Crippen LogP) is 2.57. The van der Waals surface area contributed by atoms with Gasteiger partial charge in [-0.1, -0.05) is 12.1 Å². The van der Waals surface area contributed by atoms with Crippen LogP contribution in [0.1, 0.15) is 37.1 Å². The van der Waals surface area contributed by atoms with E-state index in [2.05, 4.69) is 26.3 Å². The maximum absolute atomic E-state index is 11.6. The lowest BCUT2D eigenvalue weighted by molar-refractivity contribution is -0.120. The number of hydrogen-bond acceptors (Lipinski definition) is 4. The first kappa shape index (κ1) is 16.6. The van der Waals surface area contributed by atoms with Gasteiger partial charge >= 0.3 is 0 Å². The Morgan fingerprint density at radius 1 is 1.25 bits per heavy atom. The number of carbonyl (C=O) groups excluding carboxylic acids is 1. The summed E-state index contributed by atoms with van der Waals surface area (Å²) in [7, 11) is 0. The minimum absolute atomic E-state index is 0.00319. The van der Waals surface area contributed by atoms with Crippen LogP contribution in [0.2, 0.25) is 0 Å². The van der Waals surface area contributed by atoms with Gasteiger partial charge in [0.25, 0.3) is 0 Å². The van der Waals surface area contributed by atoms with E-state index in [0.717, 1.165) is 38.2 Å². The molecule has 5 nitrogen and oxygen atoms in total. The molecule has 0 aliphatic carbocycles. The van der Waals surface area contributed by atoms with E-state index in [1.54, 1.807) is 19.3 Å². The number of nitrogens with zero attached hydrogens (tertiary/aromatic N) is 3. The lowest BCUT2D eigenvalue weighted by Crippen LogP contribution is -2.40. The molecular weight excluding hydrogens is 300 g/mol. The van der Waals surface area contributed by atoms with E-state index in [-0.39, 0.29) is 11.9 Å². The molecule has 0 radical (unpaired) electrons. The van der Waals surface area contributed by atoms with Crippen molar-refractivity contribution in [3.8, 4) is 0 Å². The number of nitrogens with one attached hydrogen (secondary N) is 1. The number of rotatable bonds is 5. The molecule has 1 atom stereocenters.